The summed E-state index contributed by atoms with van der Waals surface area (Å²) in [6, 6.07) is 2.56. The highest BCUT2D eigenvalue weighted by molar-refractivity contribution is 5.68. The van der Waals surface area contributed by atoms with Crippen LogP contribution in [0.2, 0.25) is 0 Å². The summed E-state index contributed by atoms with van der Waals surface area (Å²) < 4.78 is 58.1. The van der Waals surface area contributed by atoms with Gasteiger partial charge in [0.1, 0.15) is 5.82 Å². The van der Waals surface area contributed by atoms with E-state index in [2.05, 4.69) is 0 Å². The average Bonchev–Trinajstić information content (AvgIpc) is 3.34. The number of halogens is 4. The summed E-state index contributed by atoms with van der Waals surface area (Å²) in [5, 5.41) is 9.68. The topological polar surface area (TPSA) is 53.0 Å². The lowest BCUT2D eigenvalue weighted by Crippen LogP contribution is -2.53. The average molecular weight is 376 g/mol. The smallest absolute Gasteiger partial charge is 0.419 e. The number of carbonyl (C=O) groups is 1. The molecule has 5 nitrogen and oxygen atoms in total. The second-order valence-electron chi connectivity index (χ2n) is 6.83. The minimum absolute atomic E-state index is 0.116. The monoisotopic (exact) mass is 376 g/mol. The third-order valence-electron chi connectivity index (χ3n) is 5.20. The molecule has 1 aliphatic heterocycles. The van der Waals surface area contributed by atoms with E-state index in [1.54, 1.807) is 0 Å². The molecular weight excluding hydrogens is 356 g/mol. The molecule has 1 aromatic carbocycles. The van der Waals surface area contributed by atoms with Crippen molar-refractivity contribution in [2.75, 3.05) is 33.4 Å². The van der Waals surface area contributed by atoms with E-state index in [1.807, 2.05) is 11.9 Å². The number of hydrogen-bond donors (Lipinski definition) is 1. The largest absolute Gasteiger partial charge is 0.465 e. The molecule has 144 valence electrons. The Balaban J connectivity index is 1.91. The van der Waals surface area contributed by atoms with E-state index in [0.29, 0.717) is 32.6 Å². The third-order valence-corrected chi connectivity index (χ3v) is 5.20. The fourth-order valence-corrected chi connectivity index (χ4v) is 3.44. The number of ether oxygens (including phenoxy) is 1. The zero-order valence-electron chi connectivity index (χ0n) is 14.2. The number of benzene rings is 1. The molecule has 0 spiro atoms. The van der Waals surface area contributed by atoms with Crippen LogP contribution in [0.5, 0.6) is 0 Å². The molecule has 1 aliphatic carbocycles. The van der Waals surface area contributed by atoms with Gasteiger partial charge >= 0.3 is 12.3 Å². The molecule has 1 saturated heterocycles. The molecule has 26 heavy (non-hydrogen) atoms. The molecule has 2 aliphatic rings. The van der Waals surface area contributed by atoms with Gasteiger partial charge in [-0.15, -0.1) is 0 Å². The first kappa shape index (κ1) is 18.9. The Labute approximate surface area is 148 Å². The van der Waals surface area contributed by atoms with Crippen molar-refractivity contribution in [3.8, 4) is 0 Å². The van der Waals surface area contributed by atoms with Crippen LogP contribution in [0, 0.1) is 5.82 Å². The zero-order valence-corrected chi connectivity index (χ0v) is 14.2. The summed E-state index contributed by atoms with van der Waals surface area (Å²) in [5.41, 5.74) is -2.24. The van der Waals surface area contributed by atoms with Crippen LogP contribution in [0.1, 0.15) is 24.0 Å². The van der Waals surface area contributed by atoms with Crippen molar-refractivity contribution < 1.29 is 32.2 Å². The van der Waals surface area contributed by atoms with Gasteiger partial charge in [0.25, 0.3) is 0 Å². The van der Waals surface area contributed by atoms with E-state index in [-0.39, 0.29) is 18.2 Å². The van der Waals surface area contributed by atoms with Crippen molar-refractivity contribution >= 4 is 6.09 Å². The van der Waals surface area contributed by atoms with Gasteiger partial charge in [0.15, 0.2) is 0 Å². The number of alkyl halides is 3. The molecule has 0 bridgehead atoms. The molecule has 1 saturated carbocycles. The number of carboxylic acid groups (broad SMARTS) is 1. The maximum atomic E-state index is 13.6. The lowest BCUT2D eigenvalue weighted by molar-refractivity contribution is -0.140. The Hall–Kier alpha value is -1.87. The van der Waals surface area contributed by atoms with Crippen LogP contribution in [0.25, 0.3) is 0 Å². The van der Waals surface area contributed by atoms with Crippen molar-refractivity contribution in [1.29, 1.82) is 0 Å². The van der Waals surface area contributed by atoms with E-state index in [0.717, 1.165) is 12.1 Å². The lowest BCUT2D eigenvalue weighted by Gasteiger charge is -2.38. The van der Waals surface area contributed by atoms with Crippen LogP contribution in [-0.2, 0) is 16.5 Å². The standard InChI is InChI=1S/C17H20F4N2O3/c1-22-6-7-26-10-12(22)9-23(15(24)25)16(4-5-16)11-2-3-14(18)13(8-11)17(19,20)21/h2-3,8,12H,4-7,9-10H2,1H3,(H,24,25)/t12-/m1/s1. The minimum Gasteiger partial charge on any atom is -0.465 e. The van der Waals surface area contributed by atoms with Crippen LogP contribution in [0.3, 0.4) is 0 Å². The molecule has 2 fully saturated rings. The quantitative estimate of drug-likeness (QED) is 0.821. The Morgan fingerprint density at radius 2 is 2.12 bits per heavy atom. The number of hydrogen-bond acceptors (Lipinski definition) is 3. The molecule has 1 atom stereocenters. The SMILES string of the molecule is CN1CCOC[C@H]1CN(C(=O)O)C1(c2ccc(F)c(C(F)(F)F)c2)CC1. The first-order chi connectivity index (χ1) is 12.1. The van der Waals surface area contributed by atoms with Crippen LogP contribution in [0.4, 0.5) is 22.4 Å². The van der Waals surface area contributed by atoms with Crippen LogP contribution >= 0.6 is 0 Å². The number of likely N-dealkylation sites (N-methyl/N-ethyl adjacent to an activating group) is 1. The lowest BCUT2D eigenvalue weighted by atomic mass is 9.99. The first-order valence-electron chi connectivity index (χ1n) is 8.31. The van der Waals surface area contributed by atoms with Crippen molar-refractivity contribution in [1.82, 2.24) is 9.80 Å². The molecule has 0 radical (unpaired) electrons. The predicted octanol–water partition coefficient (Wildman–Crippen LogP) is 3.14. The molecular formula is C17H20F4N2O3. The van der Waals surface area contributed by atoms with E-state index in [9.17, 15) is 27.5 Å². The minimum atomic E-state index is -4.83. The summed E-state index contributed by atoms with van der Waals surface area (Å²) in [7, 11) is 1.85. The van der Waals surface area contributed by atoms with Gasteiger partial charge in [-0.2, -0.15) is 13.2 Å². The summed E-state index contributed by atoms with van der Waals surface area (Å²) in [6.07, 6.45) is -5.24. The Morgan fingerprint density at radius 1 is 1.42 bits per heavy atom. The van der Waals surface area contributed by atoms with Crippen molar-refractivity contribution in [3.63, 3.8) is 0 Å². The van der Waals surface area contributed by atoms with E-state index >= 15 is 0 Å². The summed E-state index contributed by atoms with van der Waals surface area (Å²) >= 11 is 0. The maximum absolute atomic E-state index is 13.6. The maximum Gasteiger partial charge on any atom is 0.419 e. The highest BCUT2D eigenvalue weighted by Gasteiger charge is 2.53. The molecule has 1 heterocycles. The number of rotatable bonds is 4. The van der Waals surface area contributed by atoms with Gasteiger partial charge in [0, 0.05) is 13.1 Å². The molecule has 1 N–H and O–H groups in total. The second-order valence-corrected chi connectivity index (χ2v) is 6.83. The summed E-state index contributed by atoms with van der Waals surface area (Å²) in [4.78, 5) is 15.0. The number of morpholine rings is 1. The highest BCUT2D eigenvalue weighted by Crippen LogP contribution is 2.52. The van der Waals surface area contributed by atoms with Gasteiger partial charge in [-0.3, -0.25) is 9.80 Å². The van der Waals surface area contributed by atoms with Gasteiger partial charge in [-0.25, -0.2) is 9.18 Å². The van der Waals surface area contributed by atoms with Crippen LogP contribution in [0.15, 0.2) is 18.2 Å². The van der Waals surface area contributed by atoms with Gasteiger partial charge in [0.2, 0.25) is 0 Å². The van der Waals surface area contributed by atoms with Gasteiger partial charge in [0.05, 0.1) is 30.4 Å². The van der Waals surface area contributed by atoms with E-state index in [1.165, 1.54) is 11.0 Å². The first-order valence-corrected chi connectivity index (χ1v) is 8.31. The third kappa shape index (κ3) is 3.50. The molecule has 1 aromatic rings. The van der Waals surface area contributed by atoms with E-state index < -0.39 is 29.2 Å². The number of nitrogens with zero attached hydrogens (tertiary/aromatic N) is 2. The molecule has 9 heteroatoms. The fraction of sp³-hybridized carbons (Fsp3) is 0.588. The number of amides is 1. The zero-order chi connectivity index (χ0) is 19.1. The van der Waals surface area contributed by atoms with Crippen molar-refractivity contribution in [2.24, 2.45) is 0 Å². The summed E-state index contributed by atoms with van der Waals surface area (Å²) in [6.45, 7) is 1.68. The second kappa shape index (κ2) is 6.70. The summed E-state index contributed by atoms with van der Waals surface area (Å²) in [5.74, 6) is -1.36. The molecule has 0 aromatic heterocycles. The van der Waals surface area contributed by atoms with Gasteiger partial charge in [-0.1, -0.05) is 6.07 Å². The fourth-order valence-electron chi connectivity index (χ4n) is 3.44. The Kier molecular flexibility index (Phi) is 4.87. The molecule has 1 amide bonds. The van der Waals surface area contributed by atoms with Crippen LogP contribution < -0.4 is 0 Å². The Morgan fingerprint density at radius 3 is 2.65 bits per heavy atom. The van der Waals surface area contributed by atoms with Gasteiger partial charge in [-0.05, 0) is 37.6 Å². The van der Waals surface area contributed by atoms with Crippen molar-refractivity contribution in [2.45, 2.75) is 30.6 Å². The van der Waals surface area contributed by atoms with E-state index in [4.69, 9.17) is 4.74 Å². The molecule has 3 rings (SSSR count). The van der Waals surface area contributed by atoms with Crippen molar-refractivity contribution in [3.05, 3.63) is 35.1 Å². The van der Waals surface area contributed by atoms with Crippen LogP contribution in [-0.4, -0.2) is 60.4 Å². The predicted molar refractivity (Wildman–Crippen MR) is 84.3 cm³/mol. The normalized spacial score (nSPS) is 22.9. The highest BCUT2D eigenvalue weighted by atomic mass is 19.4. The van der Waals surface area contributed by atoms with Gasteiger partial charge < -0.3 is 9.84 Å². The molecule has 0 unspecified atom stereocenters. The Bertz CT molecular complexity index is 691.